The summed E-state index contributed by atoms with van der Waals surface area (Å²) in [6.45, 7) is 4.20. The number of rotatable bonds is 8. The van der Waals surface area contributed by atoms with E-state index in [1.54, 1.807) is 0 Å². The number of ether oxygens (including phenoxy) is 1. The van der Waals surface area contributed by atoms with Crippen LogP contribution in [0.3, 0.4) is 0 Å². The molecule has 1 saturated heterocycles. The normalized spacial score (nSPS) is 26.3. The SMILES string of the molecule is CCc1cccc(N2CC[C@H](NS(C)(=O)=O)C(COC3CCC(c4ccccc4)CC3)C2)n1. The van der Waals surface area contributed by atoms with Gasteiger partial charge in [0.15, 0.2) is 0 Å². The molecule has 2 heterocycles. The molecule has 1 aromatic carbocycles. The third-order valence-corrected chi connectivity index (χ3v) is 7.80. The molecule has 7 heteroatoms. The van der Waals surface area contributed by atoms with E-state index < -0.39 is 10.0 Å². The Morgan fingerprint density at radius 2 is 1.79 bits per heavy atom. The average molecular weight is 472 g/mol. The zero-order valence-corrected chi connectivity index (χ0v) is 20.6. The molecule has 1 unspecified atom stereocenters. The summed E-state index contributed by atoms with van der Waals surface area (Å²) in [6, 6.07) is 16.8. The second kappa shape index (κ2) is 11.0. The van der Waals surface area contributed by atoms with Gasteiger partial charge in [-0.1, -0.05) is 43.3 Å². The molecule has 0 amide bonds. The third-order valence-electron chi connectivity index (χ3n) is 7.07. The second-order valence-corrected chi connectivity index (χ2v) is 11.3. The van der Waals surface area contributed by atoms with Gasteiger partial charge in [0.1, 0.15) is 5.82 Å². The number of sulfonamides is 1. The summed E-state index contributed by atoms with van der Waals surface area (Å²) in [5.41, 5.74) is 2.50. The molecule has 0 spiro atoms. The summed E-state index contributed by atoms with van der Waals surface area (Å²) < 4.78 is 33.2. The lowest BCUT2D eigenvalue weighted by molar-refractivity contribution is -0.00213. The summed E-state index contributed by atoms with van der Waals surface area (Å²) in [4.78, 5) is 7.06. The number of piperidine rings is 1. The summed E-state index contributed by atoms with van der Waals surface area (Å²) >= 11 is 0. The van der Waals surface area contributed by atoms with Crippen LogP contribution in [0.2, 0.25) is 0 Å². The fourth-order valence-corrected chi connectivity index (χ4v) is 6.09. The van der Waals surface area contributed by atoms with Crippen molar-refractivity contribution >= 4 is 15.8 Å². The lowest BCUT2D eigenvalue weighted by atomic mass is 9.82. The molecule has 2 fully saturated rings. The van der Waals surface area contributed by atoms with Gasteiger partial charge < -0.3 is 9.64 Å². The minimum atomic E-state index is -3.27. The van der Waals surface area contributed by atoms with Crippen molar-refractivity contribution in [3.63, 3.8) is 0 Å². The molecule has 4 rings (SSSR count). The van der Waals surface area contributed by atoms with Crippen LogP contribution in [0.15, 0.2) is 48.5 Å². The highest BCUT2D eigenvalue weighted by atomic mass is 32.2. The van der Waals surface area contributed by atoms with Crippen LogP contribution in [0, 0.1) is 5.92 Å². The van der Waals surface area contributed by atoms with Gasteiger partial charge in [0, 0.05) is 30.7 Å². The standard InChI is InChI=1S/C26H37N3O3S/c1-3-23-10-7-11-26(27-23)29-17-16-25(28-33(2,30)31)22(18-29)19-32-24-14-12-21(13-15-24)20-8-5-4-6-9-20/h4-11,21-22,24-25,28H,3,12-19H2,1-2H3/t21?,22?,24?,25-/m0/s1. The van der Waals surface area contributed by atoms with Crippen molar-refractivity contribution in [2.24, 2.45) is 5.92 Å². The minimum Gasteiger partial charge on any atom is -0.378 e. The predicted octanol–water partition coefficient (Wildman–Crippen LogP) is 4.13. The molecule has 1 saturated carbocycles. The van der Waals surface area contributed by atoms with Crippen molar-refractivity contribution in [3.05, 3.63) is 59.8 Å². The van der Waals surface area contributed by atoms with Gasteiger partial charge in [0.2, 0.25) is 10.0 Å². The van der Waals surface area contributed by atoms with Crippen LogP contribution in [0.5, 0.6) is 0 Å². The lowest BCUT2D eigenvalue weighted by Crippen LogP contribution is -2.52. The van der Waals surface area contributed by atoms with Crippen LogP contribution in [-0.4, -0.2) is 51.5 Å². The molecule has 1 aliphatic heterocycles. The Morgan fingerprint density at radius 3 is 2.48 bits per heavy atom. The largest absolute Gasteiger partial charge is 0.378 e. The Bertz CT molecular complexity index is 991. The Labute approximate surface area is 198 Å². The van der Waals surface area contributed by atoms with Crippen LogP contribution in [0.4, 0.5) is 5.82 Å². The number of benzene rings is 1. The molecule has 6 nitrogen and oxygen atoms in total. The monoisotopic (exact) mass is 471 g/mol. The van der Waals surface area contributed by atoms with Gasteiger partial charge >= 0.3 is 0 Å². The molecule has 0 bridgehead atoms. The zero-order chi connectivity index (χ0) is 23.3. The summed E-state index contributed by atoms with van der Waals surface area (Å²) in [7, 11) is -3.27. The van der Waals surface area contributed by atoms with Gasteiger partial charge in [-0.15, -0.1) is 0 Å². The van der Waals surface area contributed by atoms with E-state index in [2.05, 4.69) is 52.9 Å². The van der Waals surface area contributed by atoms with E-state index in [-0.39, 0.29) is 18.1 Å². The molecule has 1 aliphatic carbocycles. The van der Waals surface area contributed by atoms with Gasteiger partial charge in [-0.25, -0.2) is 18.1 Å². The number of pyridine rings is 1. The molecule has 0 radical (unpaired) electrons. The van der Waals surface area contributed by atoms with E-state index in [1.807, 2.05) is 12.1 Å². The molecule has 2 atom stereocenters. The van der Waals surface area contributed by atoms with Crippen LogP contribution >= 0.6 is 0 Å². The van der Waals surface area contributed by atoms with Crippen LogP contribution < -0.4 is 9.62 Å². The Hall–Kier alpha value is -1.96. The maximum Gasteiger partial charge on any atom is 0.208 e. The number of hydrogen-bond acceptors (Lipinski definition) is 5. The Balaban J connectivity index is 1.37. The van der Waals surface area contributed by atoms with Gasteiger partial charge in [-0.05, 0) is 62.1 Å². The molecular formula is C26H37N3O3S. The average Bonchev–Trinajstić information content (AvgIpc) is 2.83. The third kappa shape index (κ3) is 6.78. The maximum atomic E-state index is 12.0. The van der Waals surface area contributed by atoms with Crippen molar-refractivity contribution < 1.29 is 13.2 Å². The first-order chi connectivity index (χ1) is 15.9. The summed E-state index contributed by atoms with van der Waals surface area (Å²) in [5.74, 6) is 1.68. The highest BCUT2D eigenvalue weighted by Gasteiger charge is 2.33. The molecule has 1 N–H and O–H groups in total. The number of aromatic nitrogens is 1. The van der Waals surface area contributed by atoms with Gasteiger partial charge in [-0.2, -0.15) is 0 Å². The first-order valence-electron chi connectivity index (χ1n) is 12.3. The topological polar surface area (TPSA) is 71.5 Å². The maximum absolute atomic E-state index is 12.0. The second-order valence-electron chi connectivity index (χ2n) is 9.55. The molecule has 1 aromatic heterocycles. The number of hydrogen-bond donors (Lipinski definition) is 1. The highest BCUT2D eigenvalue weighted by molar-refractivity contribution is 7.88. The van der Waals surface area contributed by atoms with E-state index in [0.29, 0.717) is 12.5 Å². The highest BCUT2D eigenvalue weighted by Crippen LogP contribution is 2.34. The lowest BCUT2D eigenvalue weighted by Gasteiger charge is -2.40. The molecule has 33 heavy (non-hydrogen) atoms. The van der Waals surface area contributed by atoms with E-state index in [4.69, 9.17) is 9.72 Å². The smallest absolute Gasteiger partial charge is 0.208 e. The molecule has 2 aliphatic rings. The van der Waals surface area contributed by atoms with Crippen molar-refractivity contribution in [1.82, 2.24) is 9.71 Å². The molecule has 180 valence electrons. The van der Waals surface area contributed by atoms with E-state index in [0.717, 1.165) is 63.1 Å². The fourth-order valence-electron chi connectivity index (χ4n) is 5.23. The predicted molar refractivity (Wildman–Crippen MR) is 133 cm³/mol. The van der Waals surface area contributed by atoms with Crippen molar-refractivity contribution in [3.8, 4) is 0 Å². The van der Waals surface area contributed by atoms with Crippen LogP contribution in [0.25, 0.3) is 0 Å². The van der Waals surface area contributed by atoms with Crippen LogP contribution in [-0.2, 0) is 21.2 Å². The number of aryl methyl sites for hydroxylation is 1. The zero-order valence-electron chi connectivity index (χ0n) is 19.8. The van der Waals surface area contributed by atoms with Crippen LogP contribution in [0.1, 0.15) is 56.2 Å². The van der Waals surface area contributed by atoms with Gasteiger partial charge in [-0.3, -0.25) is 0 Å². The van der Waals surface area contributed by atoms with E-state index in [9.17, 15) is 8.42 Å². The number of nitrogens with one attached hydrogen (secondary N) is 1. The van der Waals surface area contributed by atoms with Gasteiger partial charge in [0.25, 0.3) is 0 Å². The van der Waals surface area contributed by atoms with Crippen molar-refractivity contribution in [2.45, 2.75) is 63.5 Å². The summed E-state index contributed by atoms with van der Waals surface area (Å²) in [5, 5.41) is 0. The van der Waals surface area contributed by atoms with E-state index in [1.165, 1.54) is 11.8 Å². The van der Waals surface area contributed by atoms with E-state index >= 15 is 0 Å². The number of nitrogens with zero attached hydrogens (tertiary/aromatic N) is 2. The minimum absolute atomic E-state index is 0.0902. The quantitative estimate of drug-likeness (QED) is 0.627. The molecular weight excluding hydrogens is 434 g/mol. The summed E-state index contributed by atoms with van der Waals surface area (Å²) in [6.07, 6.45) is 7.54. The number of anilines is 1. The molecule has 2 aromatic rings. The fraction of sp³-hybridized carbons (Fsp3) is 0.577. The van der Waals surface area contributed by atoms with Crippen molar-refractivity contribution in [1.29, 1.82) is 0 Å². The first kappa shape index (κ1) is 24.2. The Kier molecular flexibility index (Phi) is 8.04. The Morgan fingerprint density at radius 1 is 1.03 bits per heavy atom. The van der Waals surface area contributed by atoms with Crippen molar-refractivity contribution in [2.75, 3.05) is 30.9 Å². The first-order valence-corrected chi connectivity index (χ1v) is 14.1. The van der Waals surface area contributed by atoms with Gasteiger partial charge in [0.05, 0.1) is 19.0 Å².